The van der Waals surface area contributed by atoms with E-state index in [1.54, 1.807) is 32.4 Å². The van der Waals surface area contributed by atoms with Crippen LogP contribution >= 0.6 is 0 Å². The third-order valence-electron chi connectivity index (χ3n) is 1.52. The molecule has 0 unspecified atom stereocenters. The second kappa shape index (κ2) is 3.85. The average Bonchev–Trinajstić information content (AvgIpc) is 2.16. The Labute approximate surface area is 71.9 Å². The fraction of sp³-hybridized carbons (Fsp3) is 0.222. The zero-order valence-electron chi connectivity index (χ0n) is 7.16. The third kappa shape index (κ3) is 1.61. The molecule has 0 aromatic heterocycles. The molecule has 3 nitrogen and oxygen atoms in total. The van der Waals surface area contributed by atoms with E-state index in [4.69, 9.17) is 14.2 Å². The lowest BCUT2D eigenvalue weighted by atomic mass is 10.3. The van der Waals surface area contributed by atoms with Gasteiger partial charge in [0.05, 0.1) is 14.2 Å². The minimum atomic E-state index is 0.638. The standard InChI is InChI=1S/C9H11O3/c1-10-7-4-5-8(11-2)9(6-7)12-3/h4-6H,1H2,2-3H3. The van der Waals surface area contributed by atoms with Gasteiger partial charge in [0.1, 0.15) is 12.9 Å². The van der Waals surface area contributed by atoms with E-state index in [1.807, 2.05) is 0 Å². The summed E-state index contributed by atoms with van der Waals surface area (Å²) in [4.78, 5) is 0. The highest BCUT2D eigenvalue weighted by Crippen LogP contribution is 2.30. The molecule has 0 fully saturated rings. The van der Waals surface area contributed by atoms with Crippen LogP contribution in [0.25, 0.3) is 0 Å². The number of methoxy groups -OCH3 is 2. The summed E-state index contributed by atoms with van der Waals surface area (Å²) in [6, 6.07) is 5.24. The molecule has 0 saturated heterocycles. The van der Waals surface area contributed by atoms with Crippen molar-refractivity contribution in [3.8, 4) is 17.2 Å². The first-order valence-corrected chi connectivity index (χ1v) is 3.46. The molecular weight excluding hydrogens is 156 g/mol. The average molecular weight is 167 g/mol. The Morgan fingerprint density at radius 3 is 2.25 bits per heavy atom. The first-order chi connectivity index (χ1) is 5.81. The highest BCUT2D eigenvalue weighted by atomic mass is 16.5. The van der Waals surface area contributed by atoms with Gasteiger partial charge >= 0.3 is 0 Å². The molecule has 0 aliphatic carbocycles. The first kappa shape index (κ1) is 8.71. The van der Waals surface area contributed by atoms with Crippen LogP contribution in [0.4, 0.5) is 0 Å². The van der Waals surface area contributed by atoms with E-state index in [2.05, 4.69) is 7.11 Å². The summed E-state index contributed by atoms with van der Waals surface area (Å²) in [7, 11) is 6.45. The molecule has 0 bridgehead atoms. The van der Waals surface area contributed by atoms with Gasteiger partial charge in [-0.3, -0.25) is 0 Å². The van der Waals surface area contributed by atoms with E-state index >= 15 is 0 Å². The summed E-state index contributed by atoms with van der Waals surface area (Å²) in [5.74, 6) is 1.96. The van der Waals surface area contributed by atoms with Crippen LogP contribution in [0, 0.1) is 7.11 Å². The molecule has 0 atom stereocenters. The molecule has 0 aliphatic rings. The number of hydrogen-bond donors (Lipinski definition) is 0. The van der Waals surface area contributed by atoms with Gasteiger partial charge in [0.25, 0.3) is 0 Å². The molecular formula is C9H11O3. The van der Waals surface area contributed by atoms with Crippen molar-refractivity contribution in [1.29, 1.82) is 0 Å². The van der Waals surface area contributed by atoms with Crippen molar-refractivity contribution >= 4 is 0 Å². The minimum Gasteiger partial charge on any atom is -0.493 e. The van der Waals surface area contributed by atoms with Crippen molar-refractivity contribution in [2.75, 3.05) is 14.2 Å². The minimum absolute atomic E-state index is 0.638. The number of hydrogen-bond acceptors (Lipinski definition) is 3. The molecule has 1 radical (unpaired) electrons. The monoisotopic (exact) mass is 167 g/mol. The zero-order valence-corrected chi connectivity index (χ0v) is 7.16. The molecule has 0 amide bonds. The summed E-state index contributed by atoms with van der Waals surface area (Å²) >= 11 is 0. The molecule has 1 aromatic rings. The maximum atomic E-state index is 5.05. The molecule has 12 heavy (non-hydrogen) atoms. The summed E-state index contributed by atoms with van der Waals surface area (Å²) in [6.45, 7) is 0. The van der Waals surface area contributed by atoms with Gasteiger partial charge in [0.15, 0.2) is 11.5 Å². The Hall–Kier alpha value is -1.38. The van der Waals surface area contributed by atoms with Gasteiger partial charge in [-0.05, 0) is 12.1 Å². The molecule has 3 heteroatoms. The maximum absolute atomic E-state index is 5.05. The smallest absolute Gasteiger partial charge is 0.164 e. The Bertz CT molecular complexity index is 258. The Morgan fingerprint density at radius 1 is 1.08 bits per heavy atom. The predicted molar refractivity (Wildman–Crippen MR) is 45.5 cm³/mol. The Morgan fingerprint density at radius 2 is 1.75 bits per heavy atom. The molecule has 0 heterocycles. The topological polar surface area (TPSA) is 27.7 Å². The highest BCUT2D eigenvalue weighted by molar-refractivity contribution is 5.45. The lowest BCUT2D eigenvalue weighted by Crippen LogP contribution is -1.90. The molecule has 0 N–H and O–H groups in total. The van der Waals surface area contributed by atoms with Gasteiger partial charge in [-0.1, -0.05) is 0 Å². The van der Waals surface area contributed by atoms with Crippen molar-refractivity contribution < 1.29 is 14.2 Å². The van der Waals surface area contributed by atoms with E-state index in [-0.39, 0.29) is 0 Å². The van der Waals surface area contributed by atoms with E-state index in [9.17, 15) is 0 Å². The Kier molecular flexibility index (Phi) is 2.80. The predicted octanol–water partition coefficient (Wildman–Crippen LogP) is 1.87. The summed E-state index contributed by atoms with van der Waals surface area (Å²) < 4.78 is 14.9. The largest absolute Gasteiger partial charge is 0.493 e. The summed E-state index contributed by atoms with van der Waals surface area (Å²) in [5, 5.41) is 0. The maximum Gasteiger partial charge on any atom is 0.164 e. The van der Waals surface area contributed by atoms with Gasteiger partial charge < -0.3 is 14.2 Å². The molecule has 65 valence electrons. The van der Waals surface area contributed by atoms with Crippen LogP contribution in [0.2, 0.25) is 0 Å². The quantitative estimate of drug-likeness (QED) is 0.687. The lowest BCUT2D eigenvalue weighted by Gasteiger charge is -2.08. The van der Waals surface area contributed by atoms with Crippen molar-refractivity contribution in [3.63, 3.8) is 0 Å². The van der Waals surface area contributed by atoms with Crippen LogP contribution in [0.1, 0.15) is 0 Å². The van der Waals surface area contributed by atoms with Crippen LogP contribution in [-0.2, 0) is 0 Å². The van der Waals surface area contributed by atoms with Crippen molar-refractivity contribution in [1.82, 2.24) is 0 Å². The van der Waals surface area contributed by atoms with Crippen molar-refractivity contribution in [3.05, 3.63) is 25.3 Å². The molecule has 1 rings (SSSR count). The number of ether oxygens (including phenoxy) is 3. The van der Waals surface area contributed by atoms with Crippen LogP contribution < -0.4 is 14.2 Å². The van der Waals surface area contributed by atoms with E-state index < -0.39 is 0 Å². The normalized spacial score (nSPS) is 9.25. The van der Waals surface area contributed by atoms with Crippen molar-refractivity contribution in [2.45, 2.75) is 0 Å². The van der Waals surface area contributed by atoms with Gasteiger partial charge in [-0.25, -0.2) is 0 Å². The van der Waals surface area contributed by atoms with Gasteiger partial charge in [0, 0.05) is 6.07 Å². The first-order valence-electron chi connectivity index (χ1n) is 3.46. The van der Waals surface area contributed by atoms with Crippen molar-refractivity contribution in [2.24, 2.45) is 0 Å². The molecule has 1 aromatic carbocycles. The summed E-state index contributed by atoms with van der Waals surface area (Å²) in [6.07, 6.45) is 0. The SMILES string of the molecule is [CH2]Oc1ccc(OC)c(OC)c1. The molecule has 0 aliphatic heterocycles. The number of rotatable bonds is 3. The fourth-order valence-electron chi connectivity index (χ4n) is 0.906. The third-order valence-corrected chi connectivity index (χ3v) is 1.52. The molecule has 0 saturated carbocycles. The van der Waals surface area contributed by atoms with Crippen LogP contribution in [0.5, 0.6) is 17.2 Å². The van der Waals surface area contributed by atoms with E-state index in [0.29, 0.717) is 17.2 Å². The molecule has 0 spiro atoms. The fourth-order valence-corrected chi connectivity index (χ4v) is 0.906. The van der Waals surface area contributed by atoms with E-state index in [1.165, 1.54) is 0 Å². The lowest BCUT2D eigenvalue weighted by molar-refractivity contribution is 0.352. The number of benzene rings is 1. The van der Waals surface area contributed by atoms with Gasteiger partial charge in [-0.15, -0.1) is 0 Å². The van der Waals surface area contributed by atoms with Crippen LogP contribution in [0.3, 0.4) is 0 Å². The van der Waals surface area contributed by atoms with Gasteiger partial charge in [-0.2, -0.15) is 0 Å². The van der Waals surface area contributed by atoms with E-state index in [0.717, 1.165) is 0 Å². The Balaban J connectivity index is 3.02. The highest BCUT2D eigenvalue weighted by Gasteiger charge is 2.03. The zero-order chi connectivity index (χ0) is 8.97. The summed E-state index contributed by atoms with van der Waals surface area (Å²) in [5.41, 5.74) is 0. The second-order valence-corrected chi connectivity index (χ2v) is 2.16. The second-order valence-electron chi connectivity index (χ2n) is 2.16. The van der Waals surface area contributed by atoms with Crippen LogP contribution in [-0.4, -0.2) is 14.2 Å². The van der Waals surface area contributed by atoms with Crippen LogP contribution in [0.15, 0.2) is 18.2 Å². The van der Waals surface area contributed by atoms with Gasteiger partial charge in [0.2, 0.25) is 0 Å².